The van der Waals surface area contributed by atoms with Gasteiger partial charge >= 0.3 is 0 Å². The van der Waals surface area contributed by atoms with Crippen molar-refractivity contribution in [3.05, 3.63) is 176 Å². The van der Waals surface area contributed by atoms with Gasteiger partial charge in [0.1, 0.15) is 11.2 Å². The van der Waals surface area contributed by atoms with Gasteiger partial charge in [-0.2, -0.15) is 0 Å². The number of nitrogens with zero attached hydrogens (tertiary/aromatic N) is 1. The van der Waals surface area contributed by atoms with Crippen LogP contribution < -0.4 is 4.90 Å². The van der Waals surface area contributed by atoms with Crippen molar-refractivity contribution in [1.82, 2.24) is 0 Å². The molecular formula is C46H29NOS. The van der Waals surface area contributed by atoms with Crippen LogP contribution in [0.5, 0.6) is 0 Å². The second-order valence-electron chi connectivity index (χ2n) is 12.5. The molecule has 10 aromatic rings. The number of para-hydroxylation sites is 1. The number of hydrogen-bond acceptors (Lipinski definition) is 3. The lowest BCUT2D eigenvalue weighted by Gasteiger charge is -2.27. The molecule has 0 saturated heterocycles. The van der Waals surface area contributed by atoms with E-state index >= 15 is 0 Å². The first kappa shape index (κ1) is 27.9. The Morgan fingerprint density at radius 3 is 1.86 bits per heavy atom. The molecule has 0 bridgehead atoms. The lowest BCUT2D eigenvalue weighted by atomic mass is 9.95. The maximum Gasteiger partial charge on any atom is 0.137 e. The number of fused-ring (bicyclic) bond motifs is 7. The Morgan fingerprint density at radius 2 is 1.00 bits per heavy atom. The standard InChI is InChI=1S/C46H29NOS/c1-2-10-30(11-3-1)31-18-21-33(22-19-31)47(34-23-24-39-38-14-6-8-16-43(38)48-44(39)29-34)42-26-25-35(36-12-4-5-13-37(36)42)32-20-27-46-41(28-32)40-15-7-9-17-45(40)49-46/h1-29H. The van der Waals surface area contributed by atoms with E-state index in [1.165, 1.54) is 53.2 Å². The minimum absolute atomic E-state index is 0.877. The highest BCUT2D eigenvalue weighted by Gasteiger charge is 2.19. The van der Waals surface area contributed by atoms with E-state index in [1.807, 2.05) is 23.5 Å². The Hall–Kier alpha value is -6.16. The largest absolute Gasteiger partial charge is 0.456 e. The number of thiophene rings is 1. The average Bonchev–Trinajstić information content (AvgIpc) is 3.73. The molecule has 2 nitrogen and oxygen atoms in total. The molecule has 3 heteroatoms. The zero-order valence-corrected chi connectivity index (χ0v) is 27.3. The molecule has 0 saturated carbocycles. The molecule has 0 aliphatic rings. The molecule has 0 aliphatic carbocycles. The van der Waals surface area contributed by atoms with E-state index in [1.54, 1.807) is 0 Å². The summed E-state index contributed by atoms with van der Waals surface area (Å²) in [6.07, 6.45) is 0. The van der Waals surface area contributed by atoms with Crippen molar-refractivity contribution in [2.45, 2.75) is 0 Å². The summed E-state index contributed by atoms with van der Waals surface area (Å²) >= 11 is 1.86. The quantitative estimate of drug-likeness (QED) is 0.186. The van der Waals surface area contributed by atoms with Crippen molar-refractivity contribution in [2.24, 2.45) is 0 Å². The summed E-state index contributed by atoms with van der Waals surface area (Å²) in [6.45, 7) is 0. The second kappa shape index (κ2) is 11.2. The van der Waals surface area contributed by atoms with Crippen LogP contribution in [0.3, 0.4) is 0 Å². The summed E-state index contributed by atoms with van der Waals surface area (Å²) in [5, 5.41) is 7.28. The van der Waals surface area contributed by atoms with Crippen LogP contribution in [0.25, 0.3) is 75.1 Å². The van der Waals surface area contributed by atoms with Crippen LogP contribution in [0, 0.1) is 0 Å². The van der Waals surface area contributed by atoms with Crippen LogP contribution in [0.1, 0.15) is 0 Å². The summed E-state index contributed by atoms with van der Waals surface area (Å²) in [6, 6.07) is 63.3. The van der Waals surface area contributed by atoms with E-state index in [-0.39, 0.29) is 0 Å². The third-order valence-electron chi connectivity index (χ3n) is 9.68. The summed E-state index contributed by atoms with van der Waals surface area (Å²) in [5.74, 6) is 0. The Labute approximate surface area is 287 Å². The summed E-state index contributed by atoms with van der Waals surface area (Å²) in [4.78, 5) is 2.36. The first-order valence-electron chi connectivity index (χ1n) is 16.6. The summed E-state index contributed by atoms with van der Waals surface area (Å²) in [5.41, 5.74) is 9.86. The number of benzene rings is 8. The molecule has 10 rings (SSSR count). The molecule has 230 valence electrons. The molecule has 49 heavy (non-hydrogen) atoms. The molecule has 0 fully saturated rings. The monoisotopic (exact) mass is 643 g/mol. The van der Waals surface area contributed by atoms with Crippen molar-refractivity contribution in [3.63, 3.8) is 0 Å². The van der Waals surface area contributed by atoms with Gasteiger partial charge in [-0.1, -0.05) is 115 Å². The SMILES string of the molecule is c1ccc(-c2ccc(N(c3ccc4c(c3)oc3ccccc34)c3ccc(-c4ccc5sc6ccccc6c5c4)c4ccccc34)cc2)cc1. The molecule has 0 spiro atoms. The van der Waals surface area contributed by atoms with Crippen LogP contribution >= 0.6 is 11.3 Å². The first-order chi connectivity index (χ1) is 24.3. The van der Waals surface area contributed by atoms with Crippen molar-refractivity contribution in [1.29, 1.82) is 0 Å². The van der Waals surface area contributed by atoms with Crippen LogP contribution in [0.4, 0.5) is 17.1 Å². The van der Waals surface area contributed by atoms with Gasteiger partial charge in [0.2, 0.25) is 0 Å². The highest BCUT2D eigenvalue weighted by atomic mass is 32.1. The lowest BCUT2D eigenvalue weighted by Crippen LogP contribution is -2.10. The van der Waals surface area contributed by atoms with Crippen LogP contribution in [0.2, 0.25) is 0 Å². The van der Waals surface area contributed by atoms with E-state index in [9.17, 15) is 0 Å². The molecule has 8 aromatic carbocycles. The molecule has 0 N–H and O–H groups in total. The van der Waals surface area contributed by atoms with Crippen LogP contribution in [0.15, 0.2) is 180 Å². The summed E-state index contributed by atoms with van der Waals surface area (Å²) < 4.78 is 9.03. The predicted octanol–water partition coefficient (Wildman–Crippen LogP) is 13.9. The van der Waals surface area contributed by atoms with Gasteiger partial charge in [-0.15, -0.1) is 11.3 Å². The van der Waals surface area contributed by atoms with Crippen molar-refractivity contribution in [3.8, 4) is 22.3 Å². The van der Waals surface area contributed by atoms with E-state index in [0.717, 1.165) is 39.0 Å². The van der Waals surface area contributed by atoms with Crippen molar-refractivity contribution in [2.75, 3.05) is 4.90 Å². The average molecular weight is 644 g/mol. The van der Waals surface area contributed by atoms with E-state index in [2.05, 4.69) is 169 Å². The molecule has 2 aromatic heterocycles. The minimum Gasteiger partial charge on any atom is -0.456 e. The van der Waals surface area contributed by atoms with Gasteiger partial charge in [0.25, 0.3) is 0 Å². The van der Waals surface area contributed by atoms with Gasteiger partial charge in [-0.3, -0.25) is 0 Å². The Balaban J connectivity index is 1.17. The lowest BCUT2D eigenvalue weighted by molar-refractivity contribution is 0.669. The second-order valence-corrected chi connectivity index (χ2v) is 13.6. The summed E-state index contributed by atoms with van der Waals surface area (Å²) in [7, 11) is 0. The molecule has 0 atom stereocenters. The van der Waals surface area contributed by atoms with Crippen LogP contribution in [-0.4, -0.2) is 0 Å². The van der Waals surface area contributed by atoms with E-state index < -0.39 is 0 Å². The van der Waals surface area contributed by atoms with Crippen LogP contribution in [-0.2, 0) is 0 Å². The number of hydrogen-bond donors (Lipinski definition) is 0. The minimum atomic E-state index is 0.877. The number of furan rings is 1. The highest BCUT2D eigenvalue weighted by molar-refractivity contribution is 7.25. The van der Waals surface area contributed by atoms with Crippen molar-refractivity contribution >= 4 is 81.3 Å². The molecule has 0 radical (unpaired) electrons. The Morgan fingerprint density at radius 1 is 0.367 bits per heavy atom. The predicted molar refractivity (Wildman–Crippen MR) is 210 cm³/mol. The fourth-order valence-corrected chi connectivity index (χ4v) is 8.42. The van der Waals surface area contributed by atoms with Gasteiger partial charge in [0.15, 0.2) is 0 Å². The molecule has 2 heterocycles. The third-order valence-corrected chi connectivity index (χ3v) is 10.8. The van der Waals surface area contributed by atoms with Gasteiger partial charge < -0.3 is 9.32 Å². The zero-order valence-electron chi connectivity index (χ0n) is 26.5. The Kier molecular flexibility index (Phi) is 6.39. The molecular weight excluding hydrogens is 615 g/mol. The van der Waals surface area contributed by atoms with Gasteiger partial charge in [0, 0.05) is 53.8 Å². The fraction of sp³-hybridized carbons (Fsp3) is 0. The first-order valence-corrected chi connectivity index (χ1v) is 17.4. The smallest absolute Gasteiger partial charge is 0.137 e. The van der Waals surface area contributed by atoms with E-state index in [0.29, 0.717) is 0 Å². The highest BCUT2D eigenvalue weighted by Crippen LogP contribution is 2.45. The van der Waals surface area contributed by atoms with Gasteiger partial charge in [-0.05, 0) is 82.2 Å². The molecule has 0 amide bonds. The topological polar surface area (TPSA) is 16.4 Å². The Bertz CT molecular complexity index is 2830. The van der Waals surface area contributed by atoms with E-state index in [4.69, 9.17) is 4.42 Å². The maximum atomic E-state index is 6.39. The maximum absolute atomic E-state index is 6.39. The third kappa shape index (κ3) is 4.62. The van der Waals surface area contributed by atoms with Crippen molar-refractivity contribution < 1.29 is 4.42 Å². The number of anilines is 3. The van der Waals surface area contributed by atoms with Gasteiger partial charge in [0.05, 0.1) is 5.69 Å². The number of rotatable bonds is 5. The molecule has 0 aliphatic heterocycles. The zero-order chi connectivity index (χ0) is 32.3. The fourth-order valence-electron chi connectivity index (χ4n) is 7.34. The molecule has 0 unspecified atom stereocenters. The van der Waals surface area contributed by atoms with Gasteiger partial charge in [-0.25, -0.2) is 0 Å². The normalized spacial score (nSPS) is 11.7.